The number of aliphatic hydroxyl groups is 1. The number of carbonyl (C=O) groups excluding carboxylic acids is 3. The fourth-order valence-corrected chi connectivity index (χ4v) is 8.44. The van der Waals surface area contributed by atoms with Crippen molar-refractivity contribution < 1.29 is 29.0 Å². The summed E-state index contributed by atoms with van der Waals surface area (Å²) in [7, 11) is 2.13. The van der Waals surface area contributed by atoms with E-state index in [4.69, 9.17) is 14.6 Å². The fourth-order valence-electron chi connectivity index (χ4n) is 8.44. The lowest BCUT2D eigenvalue weighted by molar-refractivity contribution is -0.149. The molecule has 7 nitrogen and oxygen atoms in total. The Bertz CT molecular complexity index is 907. The second-order valence-corrected chi connectivity index (χ2v) is 19.3. The van der Waals surface area contributed by atoms with Crippen LogP contribution < -0.4 is 0 Å². The third-order valence-electron chi connectivity index (χ3n) is 13.0. The van der Waals surface area contributed by atoms with Gasteiger partial charge in [0.2, 0.25) is 0 Å². The van der Waals surface area contributed by atoms with Crippen molar-refractivity contribution in [2.45, 2.75) is 285 Å². The standard InChI is InChI=1S/C42H83NO5.C13H26O/c1-6-8-22-29-39(30-23-9-7-2)37-41(45)47-35-27-21-17-13-11-15-19-25-32-40(31-24-18-14-10-12-16-20-26-34-44)42(46)48-36-28-33-43(5)38(3)4;1-3-5-7-9-13(11-12-14)10-8-6-4-2/h38-40,44H,6-37H2,1-5H3;12-13H,3-11H2,1-2H3. The van der Waals surface area contributed by atoms with Crippen molar-refractivity contribution in [1.82, 2.24) is 4.90 Å². The lowest BCUT2D eigenvalue weighted by atomic mass is 9.92. The topological polar surface area (TPSA) is 93.1 Å². The number of unbranched alkanes of at least 4 members (excludes halogenated alkanes) is 22. The van der Waals surface area contributed by atoms with Crippen LogP contribution in [0.15, 0.2) is 0 Å². The number of esters is 2. The van der Waals surface area contributed by atoms with Crippen LogP contribution in [0.4, 0.5) is 0 Å². The molecule has 370 valence electrons. The third-order valence-corrected chi connectivity index (χ3v) is 13.0. The molecule has 0 aliphatic carbocycles. The monoisotopic (exact) mass is 880 g/mol. The number of nitrogens with zero attached hydrogens (tertiary/aromatic N) is 1. The van der Waals surface area contributed by atoms with Crippen molar-refractivity contribution in [1.29, 1.82) is 0 Å². The maximum atomic E-state index is 13.0. The van der Waals surface area contributed by atoms with Crippen molar-refractivity contribution in [2.24, 2.45) is 17.8 Å². The van der Waals surface area contributed by atoms with Crippen LogP contribution in [0.3, 0.4) is 0 Å². The SMILES string of the molecule is CCCCCC(CC=O)CCCCC.CCCCCC(CCCCC)CC(=O)OCCCCCCCCCCC(CCCCCCCCCCO)C(=O)OCCCN(C)C(C)C. The summed E-state index contributed by atoms with van der Waals surface area (Å²) in [5.74, 6) is 1.25. The molecule has 0 aromatic carbocycles. The zero-order valence-corrected chi connectivity index (χ0v) is 42.8. The zero-order chi connectivity index (χ0) is 46.2. The number of hydrogen-bond donors (Lipinski definition) is 1. The van der Waals surface area contributed by atoms with Gasteiger partial charge in [-0.3, -0.25) is 9.59 Å². The number of ether oxygens (including phenoxy) is 2. The Labute approximate surface area is 387 Å². The molecule has 0 heterocycles. The molecule has 1 N–H and O–H groups in total. The third kappa shape index (κ3) is 45.1. The summed E-state index contributed by atoms with van der Waals surface area (Å²) < 4.78 is 11.4. The highest BCUT2D eigenvalue weighted by Gasteiger charge is 2.20. The highest BCUT2D eigenvalue weighted by molar-refractivity contribution is 5.72. The molecular weight excluding hydrogens is 771 g/mol. The van der Waals surface area contributed by atoms with Gasteiger partial charge < -0.3 is 24.3 Å². The molecule has 7 heteroatoms. The van der Waals surface area contributed by atoms with Gasteiger partial charge in [0.1, 0.15) is 6.29 Å². The van der Waals surface area contributed by atoms with Crippen LogP contribution in [-0.4, -0.2) is 67.7 Å². The van der Waals surface area contributed by atoms with Gasteiger partial charge >= 0.3 is 11.9 Å². The lowest BCUT2D eigenvalue weighted by Crippen LogP contribution is -2.28. The van der Waals surface area contributed by atoms with Gasteiger partial charge in [0, 0.05) is 32.0 Å². The summed E-state index contributed by atoms with van der Waals surface area (Å²) in [4.78, 5) is 38.2. The van der Waals surface area contributed by atoms with E-state index in [0.717, 1.165) is 77.0 Å². The van der Waals surface area contributed by atoms with E-state index in [-0.39, 0.29) is 17.9 Å². The highest BCUT2D eigenvalue weighted by atomic mass is 16.5. The molecule has 1 atom stereocenters. The first-order valence-corrected chi connectivity index (χ1v) is 27.3. The van der Waals surface area contributed by atoms with Crippen LogP contribution in [0.1, 0.15) is 279 Å². The van der Waals surface area contributed by atoms with Gasteiger partial charge in [-0.2, -0.15) is 0 Å². The normalized spacial score (nSPS) is 12.0. The summed E-state index contributed by atoms with van der Waals surface area (Å²) in [5, 5.41) is 8.92. The minimum atomic E-state index is 0.0132. The molecule has 0 spiro atoms. The van der Waals surface area contributed by atoms with Gasteiger partial charge in [-0.15, -0.1) is 0 Å². The van der Waals surface area contributed by atoms with Crippen LogP contribution in [0.25, 0.3) is 0 Å². The van der Waals surface area contributed by atoms with Gasteiger partial charge in [0.25, 0.3) is 0 Å². The Morgan fingerprint density at radius 2 is 0.887 bits per heavy atom. The van der Waals surface area contributed by atoms with Gasteiger partial charge in [-0.1, -0.05) is 207 Å². The summed E-state index contributed by atoms with van der Waals surface area (Å²) >= 11 is 0. The molecule has 0 aromatic heterocycles. The predicted octanol–water partition coefficient (Wildman–Crippen LogP) is 16.0. The Morgan fingerprint density at radius 3 is 1.31 bits per heavy atom. The number of rotatable bonds is 47. The van der Waals surface area contributed by atoms with E-state index in [2.05, 4.69) is 53.5 Å². The predicted molar refractivity (Wildman–Crippen MR) is 267 cm³/mol. The first kappa shape index (κ1) is 62.6. The number of hydrogen-bond acceptors (Lipinski definition) is 7. The van der Waals surface area contributed by atoms with E-state index in [1.807, 2.05) is 0 Å². The molecule has 0 rings (SSSR count). The van der Waals surface area contributed by atoms with E-state index in [1.165, 1.54) is 167 Å². The molecule has 62 heavy (non-hydrogen) atoms. The zero-order valence-electron chi connectivity index (χ0n) is 42.8. The molecule has 0 aromatic rings. The average Bonchev–Trinajstić information content (AvgIpc) is 3.25. The smallest absolute Gasteiger partial charge is 0.308 e. The van der Waals surface area contributed by atoms with Crippen LogP contribution in [0.2, 0.25) is 0 Å². The second-order valence-electron chi connectivity index (χ2n) is 19.3. The van der Waals surface area contributed by atoms with E-state index in [9.17, 15) is 14.4 Å². The van der Waals surface area contributed by atoms with Gasteiger partial charge in [-0.25, -0.2) is 0 Å². The lowest BCUT2D eigenvalue weighted by Gasteiger charge is -2.21. The molecule has 1 unspecified atom stereocenters. The van der Waals surface area contributed by atoms with Gasteiger partial charge in [0.15, 0.2) is 0 Å². The Morgan fingerprint density at radius 1 is 0.500 bits per heavy atom. The Kier molecular flexibility index (Phi) is 51.0. The number of aliphatic hydroxyl groups excluding tert-OH is 1. The summed E-state index contributed by atoms with van der Waals surface area (Å²) in [6, 6.07) is 0.510. The summed E-state index contributed by atoms with van der Waals surface area (Å²) in [6.07, 6.45) is 44.1. The maximum Gasteiger partial charge on any atom is 0.308 e. The van der Waals surface area contributed by atoms with E-state index in [0.29, 0.717) is 44.1 Å². The Hall–Kier alpha value is -1.47. The van der Waals surface area contributed by atoms with Crippen molar-refractivity contribution in [3.8, 4) is 0 Å². The number of carbonyl (C=O) groups is 3. The molecular formula is C55H109NO6. The second kappa shape index (κ2) is 50.5. The Balaban J connectivity index is 0. The molecule has 0 amide bonds. The van der Waals surface area contributed by atoms with Crippen molar-refractivity contribution in [3.05, 3.63) is 0 Å². The quantitative estimate of drug-likeness (QED) is 0.0370. The highest BCUT2D eigenvalue weighted by Crippen LogP contribution is 2.24. The maximum absolute atomic E-state index is 13.0. The van der Waals surface area contributed by atoms with Crippen LogP contribution in [0, 0.1) is 17.8 Å². The van der Waals surface area contributed by atoms with Crippen molar-refractivity contribution >= 4 is 18.2 Å². The largest absolute Gasteiger partial charge is 0.466 e. The van der Waals surface area contributed by atoms with E-state index in [1.54, 1.807) is 0 Å². The van der Waals surface area contributed by atoms with Crippen molar-refractivity contribution in [3.63, 3.8) is 0 Å². The minimum Gasteiger partial charge on any atom is -0.466 e. The van der Waals surface area contributed by atoms with E-state index < -0.39 is 0 Å². The van der Waals surface area contributed by atoms with Crippen molar-refractivity contribution in [2.75, 3.05) is 33.4 Å². The summed E-state index contributed by atoms with van der Waals surface area (Å²) in [5.41, 5.74) is 0. The molecule has 0 aliphatic rings. The van der Waals surface area contributed by atoms with Crippen LogP contribution in [0.5, 0.6) is 0 Å². The summed E-state index contributed by atoms with van der Waals surface area (Å²) in [6.45, 7) is 15.7. The molecule has 0 saturated heterocycles. The van der Waals surface area contributed by atoms with Gasteiger partial charge in [-0.05, 0) is 77.7 Å². The van der Waals surface area contributed by atoms with Crippen LogP contribution >= 0.6 is 0 Å². The first-order chi connectivity index (χ1) is 30.2. The number of aldehydes is 1. The minimum absolute atomic E-state index is 0.0132. The molecule has 0 saturated carbocycles. The fraction of sp³-hybridized carbons (Fsp3) is 0.945. The molecule has 0 fully saturated rings. The molecule has 0 radical (unpaired) electrons. The first-order valence-electron chi connectivity index (χ1n) is 27.3. The average molecular weight is 880 g/mol. The molecule has 0 aliphatic heterocycles. The van der Waals surface area contributed by atoms with Crippen LogP contribution in [-0.2, 0) is 23.9 Å². The van der Waals surface area contributed by atoms with Gasteiger partial charge in [0.05, 0.1) is 19.1 Å². The van der Waals surface area contributed by atoms with E-state index >= 15 is 0 Å². The molecule has 0 bridgehead atoms.